The number of rotatable bonds is 5. The number of hydrogen-bond donors (Lipinski definition) is 2. The molecule has 0 aromatic rings. The third kappa shape index (κ3) is 2.73. The normalized spacial score (nSPS) is 34.0. The maximum absolute atomic E-state index is 5.84. The highest BCUT2D eigenvalue weighted by Gasteiger charge is 2.41. The summed E-state index contributed by atoms with van der Waals surface area (Å²) in [7, 11) is 0. The average Bonchev–Trinajstić information content (AvgIpc) is 3.07. The van der Waals surface area contributed by atoms with Crippen molar-refractivity contribution in [2.24, 2.45) is 17.1 Å². The van der Waals surface area contributed by atoms with Crippen LogP contribution in [0.1, 0.15) is 51.9 Å². The van der Waals surface area contributed by atoms with Gasteiger partial charge in [-0.05, 0) is 50.0 Å². The molecule has 2 rings (SSSR count). The van der Waals surface area contributed by atoms with E-state index in [1.807, 2.05) is 0 Å². The van der Waals surface area contributed by atoms with Crippen molar-refractivity contribution in [1.29, 1.82) is 0 Å². The first-order valence-corrected chi connectivity index (χ1v) is 6.73. The third-order valence-electron chi connectivity index (χ3n) is 4.66. The molecule has 2 unspecified atom stereocenters. The lowest BCUT2D eigenvalue weighted by molar-refractivity contribution is 0.251. The molecule has 88 valence electrons. The monoisotopic (exact) mass is 210 g/mol. The molecular weight excluding hydrogens is 184 g/mol. The van der Waals surface area contributed by atoms with E-state index in [0.717, 1.165) is 12.5 Å². The number of nitrogens with two attached hydrogens (primary N) is 1. The molecule has 2 heteroatoms. The van der Waals surface area contributed by atoms with E-state index in [4.69, 9.17) is 5.73 Å². The van der Waals surface area contributed by atoms with Crippen LogP contribution in [0.15, 0.2) is 0 Å². The fourth-order valence-corrected chi connectivity index (χ4v) is 2.94. The molecule has 0 amide bonds. The van der Waals surface area contributed by atoms with E-state index in [0.29, 0.717) is 11.5 Å². The Bertz CT molecular complexity index is 199. The van der Waals surface area contributed by atoms with Crippen LogP contribution in [0.4, 0.5) is 0 Å². The van der Waals surface area contributed by atoms with E-state index < -0.39 is 0 Å². The van der Waals surface area contributed by atoms with Gasteiger partial charge in [0.1, 0.15) is 0 Å². The van der Waals surface area contributed by atoms with Crippen molar-refractivity contribution < 1.29 is 0 Å². The van der Waals surface area contributed by atoms with Gasteiger partial charge in [-0.25, -0.2) is 0 Å². The van der Waals surface area contributed by atoms with Crippen molar-refractivity contribution in [3.05, 3.63) is 0 Å². The molecule has 2 aliphatic carbocycles. The van der Waals surface area contributed by atoms with Crippen LogP contribution in [-0.4, -0.2) is 19.1 Å². The van der Waals surface area contributed by atoms with Crippen LogP contribution in [0.2, 0.25) is 0 Å². The quantitative estimate of drug-likeness (QED) is 0.730. The minimum absolute atomic E-state index is 0.677. The molecule has 2 atom stereocenters. The van der Waals surface area contributed by atoms with Crippen LogP contribution in [-0.2, 0) is 0 Å². The topological polar surface area (TPSA) is 38.0 Å². The van der Waals surface area contributed by atoms with E-state index >= 15 is 0 Å². The molecule has 0 bridgehead atoms. The summed E-state index contributed by atoms with van der Waals surface area (Å²) in [5.41, 5.74) is 6.52. The molecule has 2 fully saturated rings. The van der Waals surface area contributed by atoms with Gasteiger partial charge >= 0.3 is 0 Å². The van der Waals surface area contributed by atoms with E-state index in [1.54, 1.807) is 0 Å². The van der Waals surface area contributed by atoms with Crippen LogP contribution >= 0.6 is 0 Å². The lowest BCUT2D eigenvalue weighted by Gasteiger charge is -2.32. The fraction of sp³-hybridized carbons (Fsp3) is 1.00. The molecule has 2 nitrogen and oxygen atoms in total. The highest BCUT2D eigenvalue weighted by Crippen LogP contribution is 2.48. The molecule has 2 saturated carbocycles. The van der Waals surface area contributed by atoms with Gasteiger partial charge in [-0.2, -0.15) is 0 Å². The lowest BCUT2D eigenvalue weighted by Crippen LogP contribution is -2.44. The van der Waals surface area contributed by atoms with Crippen LogP contribution in [0.5, 0.6) is 0 Å². The second-order valence-electron chi connectivity index (χ2n) is 5.62. The summed E-state index contributed by atoms with van der Waals surface area (Å²) in [4.78, 5) is 0. The van der Waals surface area contributed by atoms with Gasteiger partial charge < -0.3 is 11.1 Å². The number of hydrogen-bond acceptors (Lipinski definition) is 2. The van der Waals surface area contributed by atoms with Gasteiger partial charge in [0.2, 0.25) is 0 Å². The molecule has 0 radical (unpaired) electrons. The van der Waals surface area contributed by atoms with E-state index in [-0.39, 0.29) is 0 Å². The summed E-state index contributed by atoms with van der Waals surface area (Å²) in [5.74, 6) is 0.742. The molecule has 0 heterocycles. The zero-order valence-electron chi connectivity index (χ0n) is 10.1. The van der Waals surface area contributed by atoms with Crippen LogP contribution in [0.25, 0.3) is 0 Å². The number of nitrogens with one attached hydrogen (secondary N) is 1. The Balaban J connectivity index is 1.77. The second kappa shape index (κ2) is 4.84. The molecule has 15 heavy (non-hydrogen) atoms. The molecule has 0 aromatic carbocycles. The Morgan fingerprint density at radius 2 is 2.00 bits per heavy atom. The molecule has 2 aliphatic rings. The summed E-state index contributed by atoms with van der Waals surface area (Å²) < 4.78 is 0. The SMILES string of the molecule is CCC1(CNC2CCCCC2CN)CC1. The Hall–Kier alpha value is -0.0800. The first kappa shape index (κ1) is 11.4. The smallest absolute Gasteiger partial charge is 0.0108 e. The highest BCUT2D eigenvalue weighted by atomic mass is 14.9. The molecule has 0 spiro atoms. The highest BCUT2D eigenvalue weighted by molar-refractivity contribution is 4.95. The maximum Gasteiger partial charge on any atom is 0.0108 e. The van der Waals surface area contributed by atoms with Gasteiger partial charge in [0.15, 0.2) is 0 Å². The van der Waals surface area contributed by atoms with Gasteiger partial charge in [-0.3, -0.25) is 0 Å². The van der Waals surface area contributed by atoms with Crippen LogP contribution in [0.3, 0.4) is 0 Å². The minimum Gasteiger partial charge on any atom is -0.330 e. The second-order valence-corrected chi connectivity index (χ2v) is 5.62. The average molecular weight is 210 g/mol. The summed E-state index contributed by atoms with van der Waals surface area (Å²) in [6.07, 6.45) is 9.70. The lowest BCUT2D eigenvalue weighted by atomic mass is 9.84. The maximum atomic E-state index is 5.84. The Morgan fingerprint density at radius 3 is 2.60 bits per heavy atom. The third-order valence-corrected chi connectivity index (χ3v) is 4.66. The Kier molecular flexibility index (Phi) is 3.68. The molecule has 0 aromatic heterocycles. The van der Waals surface area contributed by atoms with Gasteiger partial charge in [0, 0.05) is 12.6 Å². The fourth-order valence-electron chi connectivity index (χ4n) is 2.94. The first-order valence-electron chi connectivity index (χ1n) is 6.73. The predicted molar refractivity (Wildman–Crippen MR) is 64.8 cm³/mol. The van der Waals surface area contributed by atoms with Gasteiger partial charge in [0.25, 0.3) is 0 Å². The van der Waals surface area contributed by atoms with Crippen molar-refractivity contribution in [2.45, 2.75) is 57.9 Å². The van der Waals surface area contributed by atoms with Crippen LogP contribution in [0, 0.1) is 11.3 Å². The molecule has 3 N–H and O–H groups in total. The predicted octanol–water partition coefficient (Wildman–Crippen LogP) is 2.28. The summed E-state index contributed by atoms with van der Waals surface area (Å²) in [6.45, 7) is 4.44. The van der Waals surface area contributed by atoms with Crippen molar-refractivity contribution in [3.63, 3.8) is 0 Å². The zero-order chi connectivity index (χ0) is 10.7. The van der Waals surface area contributed by atoms with Crippen molar-refractivity contribution >= 4 is 0 Å². The molecule has 0 aliphatic heterocycles. The van der Waals surface area contributed by atoms with E-state index in [1.165, 1.54) is 51.5 Å². The first-order chi connectivity index (χ1) is 7.29. The standard InChI is InChI=1S/C13H26N2/c1-2-13(7-8-13)10-15-12-6-4-3-5-11(12)9-14/h11-12,15H,2-10,14H2,1H3. The van der Waals surface area contributed by atoms with Gasteiger partial charge in [-0.1, -0.05) is 19.8 Å². The van der Waals surface area contributed by atoms with Crippen LogP contribution < -0.4 is 11.1 Å². The summed E-state index contributed by atoms with van der Waals surface area (Å²) in [6, 6.07) is 0.716. The Morgan fingerprint density at radius 1 is 1.27 bits per heavy atom. The Labute approximate surface area is 94.0 Å². The summed E-state index contributed by atoms with van der Waals surface area (Å²) in [5, 5.41) is 3.80. The van der Waals surface area contributed by atoms with Gasteiger partial charge in [0.05, 0.1) is 0 Å². The van der Waals surface area contributed by atoms with E-state index in [2.05, 4.69) is 12.2 Å². The van der Waals surface area contributed by atoms with Crippen molar-refractivity contribution in [3.8, 4) is 0 Å². The van der Waals surface area contributed by atoms with Crippen molar-refractivity contribution in [1.82, 2.24) is 5.32 Å². The van der Waals surface area contributed by atoms with Gasteiger partial charge in [-0.15, -0.1) is 0 Å². The van der Waals surface area contributed by atoms with Crippen molar-refractivity contribution in [2.75, 3.05) is 13.1 Å². The van der Waals surface area contributed by atoms with E-state index in [9.17, 15) is 0 Å². The summed E-state index contributed by atoms with van der Waals surface area (Å²) >= 11 is 0. The largest absolute Gasteiger partial charge is 0.330 e. The minimum atomic E-state index is 0.677. The zero-order valence-corrected chi connectivity index (χ0v) is 10.1. The molecule has 0 saturated heterocycles. The molecular formula is C13H26N2.